The van der Waals surface area contributed by atoms with Crippen LogP contribution in [-0.4, -0.2) is 53.9 Å². The van der Waals surface area contributed by atoms with Crippen molar-refractivity contribution in [2.45, 2.75) is 25.3 Å². The number of halogens is 1. The molecule has 1 saturated heterocycles. The van der Waals surface area contributed by atoms with E-state index >= 15 is 0 Å². The molecule has 1 aromatic carbocycles. The fourth-order valence-electron chi connectivity index (χ4n) is 3.06. The first-order valence-corrected chi connectivity index (χ1v) is 9.05. The molecule has 1 amide bonds. The van der Waals surface area contributed by atoms with Gasteiger partial charge in [0.15, 0.2) is 0 Å². The Kier molecular flexibility index (Phi) is 5.26. The molecule has 1 fully saturated rings. The summed E-state index contributed by atoms with van der Waals surface area (Å²) in [4.78, 5) is 21.2. The Morgan fingerprint density at radius 3 is 2.88 bits per heavy atom. The van der Waals surface area contributed by atoms with Gasteiger partial charge in [-0.05, 0) is 50.7 Å². The number of piperidine rings is 1. The molecule has 2 aromatic rings. The zero-order chi connectivity index (χ0) is 17.1. The first-order valence-electron chi connectivity index (χ1n) is 8.17. The van der Waals surface area contributed by atoms with Crippen LogP contribution in [-0.2, 0) is 11.2 Å². The van der Waals surface area contributed by atoms with Gasteiger partial charge < -0.3 is 9.80 Å². The molecule has 0 aliphatic carbocycles. The van der Waals surface area contributed by atoms with Crippen molar-refractivity contribution < 1.29 is 9.18 Å². The van der Waals surface area contributed by atoms with Crippen LogP contribution in [0.1, 0.15) is 17.8 Å². The van der Waals surface area contributed by atoms with Crippen LogP contribution in [0.25, 0.3) is 11.3 Å². The molecule has 1 aliphatic heterocycles. The molecular weight excluding hydrogens is 325 g/mol. The molecule has 0 spiro atoms. The number of thiazole rings is 1. The van der Waals surface area contributed by atoms with E-state index in [1.807, 2.05) is 17.3 Å². The van der Waals surface area contributed by atoms with Gasteiger partial charge in [0, 0.05) is 30.6 Å². The van der Waals surface area contributed by atoms with Crippen LogP contribution >= 0.6 is 11.3 Å². The van der Waals surface area contributed by atoms with Gasteiger partial charge in [-0.1, -0.05) is 0 Å². The van der Waals surface area contributed by atoms with Gasteiger partial charge in [-0.2, -0.15) is 0 Å². The van der Waals surface area contributed by atoms with Gasteiger partial charge in [0.1, 0.15) is 10.8 Å². The van der Waals surface area contributed by atoms with Gasteiger partial charge in [0.2, 0.25) is 5.91 Å². The summed E-state index contributed by atoms with van der Waals surface area (Å²) in [6, 6.07) is 6.55. The van der Waals surface area contributed by atoms with Crippen molar-refractivity contribution >= 4 is 17.2 Å². The van der Waals surface area contributed by atoms with E-state index in [1.54, 1.807) is 12.1 Å². The standard InChI is InChI=1S/C18H22FN3OS/c1-21-9-3-4-15(11-21)22(2)18(23)10-17-20-16(12-24-17)13-5-7-14(19)8-6-13/h5-8,12,15H,3-4,9-11H2,1-2H3. The number of rotatable bonds is 4. The Hall–Kier alpha value is -1.79. The Morgan fingerprint density at radius 2 is 2.17 bits per heavy atom. The summed E-state index contributed by atoms with van der Waals surface area (Å²) in [6.45, 7) is 2.03. The number of hydrogen-bond donors (Lipinski definition) is 0. The van der Waals surface area contributed by atoms with Crippen LogP contribution in [0.2, 0.25) is 0 Å². The lowest BCUT2D eigenvalue weighted by Crippen LogP contribution is -2.47. The third-order valence-electron chi connectivity index (χ3n) is 4.53. The number of amides is 1. The number of likely N-dealkylation sites (N-methyl/N-ethyl adjacent to an activating group) is 2. The molecule has 1 atom stereocenters. The number of nitrogens with zero attached hydrogens (tertiary/aromatic N) is 3. The molecule has 3 rings (SSSR count). The summed E-state index contributed by atoms with van der Waals surface area (Å²) >= 11 is 1.48. The summed E-state index contributed by atoms with van der Waals surface area (Å²) in [6.07, 6.45) is 2.51. The van der Waals surface area contributed by atoms with E-state index in [4.69, 9.17) is 0 Å². The normalized spacial score (nSPS) is 18.5. The van der Waals surface area contributed by atoms with Crippen molar-refractivity contribution in [3.63, 3.8) is 0 Å². The van der Waals surface area contributed by atoms with Crippen molar-refractivity contribution in [3.05, 3.63) is 40.5 Å². The highest BCUT2D eigenvalue weighted by atomic mass is 32.1. The summed E-state index contributed by atoms with van der Waals surface area (Å²) in [5, 5.41) is 2.72. The minimum absolute atomic E-state index is 0.107. The van der Waals surface area contributed by atoms with Crippen molar-refractivity contribution in [2.75, 3.05) is 27.2 Å². The van der Waals surface area contributed by atoms with E-state index in [-0.39, 0.29) is 17.8 Å². The van der Waals surface area contributed by atoms with Crippen molar-refractivity contribution in [2.24, 2.45) is 0 Å². The van der Waals surface area contributed by atoms with Gasteiger partial charge in [-0.15, -0.1) is 11.3 Å². The summed E-state index contributed by atoms with van der Waals surface area (Å²) < 4.78 is 13.0. The van der Waals surface area contributed by atoms with E-state index in [2.05, 4.69) is 16.9 Å². The van der Waals surface area contributed by atoms with Gasteiger partial charge in [0.05, 0.1) is 12.1 Å². The zero-order valence-electron chi connectivity index (χ0n) is 14.0. The van der Waals surface area contributed by atoms with E-state index in [1.165, 1.54) is 23.5 Å². The van der Waals surface area contributed by atoms with Gasteiger partial charge >= 0.3 is 0 Å². The third kappa shape index (κ3) is 3.99. The molecule has 0 radical (unpaired) electrons. The lowest BCUT2D eigenvalue weighted by molar-refractivity contribution is -0.132. The highest BCUT2D eigenvalue weighted by Gasteiger charge is 2.25. The second kappa shape index (κ2) is 7.40. The molecule has 128 valence electrons. The zero-order valence-corrected chi connectivity index (χ0v) is 14.9. The molecule has 1 unspecified atom stereocenters. The molecular formula is C18H22FN3OS. The van der Waals surface area contributed by atoms with Gasteiger partial charge in [0.25, 0.3) is 0 Å². The molecule has 0 N–H and O–H groups in total. The monoisotopic (exact) mass is 347 g/mol. The van der Waals surface area contributed by atoms with Crippen molar-refractivity contribution in [3.8, 4) is 11.3 Å². The van der Waals surface area contributed by atoms with E-state index in [9.17, 15) is 9.18 Å². The molecule has 4 nitrogen and oxygen atoms in total. The van der Waals surface area contributed by atoms with E-state index in [0.29, 0.717) is 6.42 Å². The fraction of sp³-hybridized carbons (Fsp3) is 0.444. The maximum absolute atomic E-state index is 13.0. The first kappa shape index (κ1) is 17.0. The molecule has 24 heavy (non-hydrogen) atoms. The van der Waals surface area contributed by atoms with E-state index in [0.717, 1.165) is 42.2 Å². The van der Waals surface area contributed by atoms with Crippen LogP contribution in [0.5, 0.6) is 0 Å². The Labute approximate surface area is 145 Å². The number of aromatic nitrogens is 1. The highest BCUT2D eigenvalue weighted by molar-refractivity contribution is 7.10. The number of carbonyl (C=O) groups is 1. The van der Waals surface area contributed by atoms with Crippen LogP contribution in [0.3, 0.4) is 0 Å². The number of likely N-dealkylation sites (tertiary alicyclic amines) is 1. The van der Waals surface area contributed by atoms with Crippen molar-refractivity contribution in [1.82, 2.24) is 14.8 Å². The molecule has 0 bridgehead atoms. The summed E-state index contributed by atoms with van der Waals surface area (Å²) in [7, 11) is 3.99. The van der Waals surface area contributed by atoms with Crippen LogP contribution in [0.15, 0.2) is 29.6 Å². The van der Waals surface area contributed by atoms with Crippen LogP contribution in [0.4, 0.5) is 4.39 Å². The average molecular weight is 347 g/mol. The lowest BCUT2D eigenvalue weighted by atomic mass is 10.0. The molecule has 0 saturated carbocycles. The van der Waals surface area contributed by atoms with Gasteiger partial charge in [-0.3, -0.25) is 4.79 Å². The minimum atomic E-state index is -0.261. The molecule has 1 aromatic heterocycles. The number of hydrogen-bond acceptors (Lipinski definition) is 4. The third-order valence-corrected chi connectivity index (χ3v) is 5.38. The fourth-order valence-corrected chi connectivity index (χ4v) is 3.85. The molecule has 2 heterocycles. The van der Waals surface area contributed by atoms with Gasteiger partial charge in [-0.25, -0.2) is 9.37 Å². The number of benzene rings is 1. The average Bonchev–Trinajstić information content (AvgIpc) is 3.03. The predicted octanol–water partition coefficient (Wildman–Crippen LogP) is 3.04. The topological polar surface area (TPSA) is 36.4 Å². The number of carbonyl (C=O) groups excluding carboxylic acids is 1. The SMILES string of the molecule is CN1CCCC(N(C)C(=O)Cc2nc(-c3ccc(F)cc3)cs2)C1. The Balaban J connectivity index is 1.63. The molecule has 1 aliphatic rings. The predicted molar refractivity (Wildman–Crippen MR) is 94.5 cm³/mol. The Bertz CT molecular complexity index is 701. The van der Waals surface area contributed by atoms with Crippen LogP contribution in [0, 0.1) is 5.82 Å². The van der Waals surface area contributed by atoms with Crippen LogP contribution < -0.4 is 0 Å². The maximum atomic E-state index is 13.0. The quantitative estimate of drug-likeness (QED) is 0.853. The largest absolute Gasteiger partial charge is 0.341 e. The first-order chi connectivity index (χ1) is 11.5. The second-order valence-corrected chi connectivity index (χ2v) is 7.32. The summed E-state index contributed by atoms with van der Waals surface area (Å²) in [5.41, 5.74) is 1.66. The van der Waals surface area contributed by atoms with Crippen molar-refractivity contribution in [1.29, 1.82) is 0 Å². The maximum Gasteiger partial charge on any atom is 0.229 e. The smallest absolute Gasteiger partial charge is 0.229 e. The highest BCUT2D eigenvalue weighted by Crippen LogP contribution is 2.23. The summed E-state index contributed by atoms with van der Waals surface area (Å²) in [5.74, 6) is -0.154. The minimum Gasteiger partial charge on any atom is -0.341 e. The molecule has 6 heteroatoms. The second-order valence-electron chi connectivity index (χ2n) is 6.37. The lowest BCUT2D eigenvalue weighted by Gasteiger charge is -2.35. The van der Waals surface area contributed by atoms with E-state index < -0.39 is 0 Å². The Morgan fingerprint density at radius 1 is 1.42 bits per heavy atom.